The lowest BCUT2D eigenvalue weighted by Crippen LogP contribution is -2.37. The number of hydrogen-bond donors (Lipinski definition) is 0. The number of carbonyl (C=O) groups is 1. The van der Waals surface area contributed by atoms with Crippen LogP contribution in [0.1, 0.15) is 36.4 Å². The number of thioether (sulfide) groups is 1. The first-order valence-electron chi connectivity index (χ1n) is 5.77. The minimum atomic E-state index is 0.271. The van der Waals surface area contributed by atoms with E-state index in [2.05, 4.69) is 29.3 Å². The Kier molecular flexibility index (Phi) is 4.29. The first-order valence-corrected chi connectivity index (χ1v) is 7.70. The third kappa shape index (κ3) is 2.61. The Morgan fingerprint density at radius 1 is 1.56 bits per heavy atom. The lowest BCUT2D eigenvalue weighted by molar-refractivity contribution is -0.132. The topological polar surface area (TPSA) is 20.3 Å². The number of carbonyl (C=O) groups excluding carboxylic acids is 1. The highest BCUT2D eigenvalue weighted by Gasteiger charge is 2.29. The van der Waals surface area contributed by atoms with Crippen molar-refractivity contribution in [3.63, 3.8) is 0 Å². The van der Waals surface area contributed by atoms with E-state index < -0.39 is 0 Å². The molecule has 1 aromatic rings. The lowest BCUT2D eigenvalue weighted by atomic mass is 10.2. The highest BCUT2D eigenvalue weighted by atomic mass is 32.2. The van der Waals surface area contributed by atoms with Crippen LogP contribution in [-0.2, 0) is 4.79 Å². The van der Waals surface area contributed by atoms with Crippen LogP contribution in [0.4, 0.5) is 0 Å². The molecule has 1 aliphatic heterocycles. The molecule has 1 saturated heterocycles. The van der Waals surface area contributed by atoms with Crippen molar-refractivity contribution in [3.05, 3.63) is 22.4 Å². The largest absolute Gasteiger partial charge is 0.326 e. The van der Waals surface area contributed by atoms with E-state index in [9.17, 15) is 4.79 Å². The first kappa shape index (κ1) is 12.0. The lowest BCUT2D eigenvalue weighted by Gasteiger charge is -2.34. The van der Waals surface area contributed by atoms with Gasteiger partial charge in [0, 0.05) is 23.6 Å². The van der Waals surface area contributed by atoms with E-state index in [1.807, 2.05) is 11.8 Å². The highest BCUT2D eigenvalue weighted by Crippen LogP contribution is 2.39. The van der Waals surface area contributed by atoms with Gasteiger partial charge in [-0.1, -0.05) is 19.4 Å². The van der Waals surface area contributed by atoms with Gasteiger partial charge in [0.05, 0.1) is 0 Å². The first-order chi connectivity index (χ1) is 7.83. The Labute approximate surface area is 105 Å². The normalized spacial score (nSPS) is 21.4. The molecule has 1 unspecified atom stereocenters. The molecule has 0 N–H and O–H groups in total. The second kappa shape index (κ2) is 5.73. The van der Waals surface area contributed by atoms with Crippen molar-refractivity contribution in [1.82, 2.24) is 4.90 Å². The van der Waals surface area contributed by atoms with Crippen molar-refractivity contribution in [1.29, 1.82) is 0 Å². The fourth-order valence-corrected chi connectivity index (χ4v) is 4.11. The zero-order valence-electron chi connectivity index (χ0n) is 9.52. The standard InChI is InChI=1S/C12H17NOS2/c1-2-3-7-13-11(14)6-9-16-12(13)10-5-4-8-15-10/h4-5,8,12H,2-3,6-7,9H2,1H3. The Hall–Kier alpha value is -0.480. The van der Waals surface area contributed by atoms with Gasteiger partial charge >= 0.3 is 0 Å². The van der Waals surface area contributed by atoms with Crippen LogP contribution in [0.3, 0.4) is 0 Å². The number of nitrogens with zero attached hydrogens (tertiary/aromatic N) is 1. The average molecular weight is 255 g/mol. The van der Waals surface area contributed by atoms with Gasteiger partial charge in [-0.3, -0.25) is 4.79 Å². The summed E-state index contributed by atoms with van der Waals surface area (Å²) in [6.07, 6.45) is 2.95. The molecule has 2 nitrogen and oxygen atoms in total. The highest BCUT2D eigenvalue weighted by molar-refractivity contribution is 7.99. The van der Waals surface area contributed by atoms with Gasteiger partial charge in [-0.05, 0) is 17.9 Å². The minimum Gasteiger partial charge on any atom is -0.326 e. The van der Waals surface area contributed by atoms with E-state index in [4.69, 9.17) is 0 Å². The van der Waals surface area contributed by atoms with Crippen LogP contribution in [0.5, 0.6) is 0 Å². The van der Waals surface area contributed by atoms with Crippen molar-refractivity contribution in [3.8, 4) is 0 Å². The SMILES string of the molecule is CCCCN1C(=O)CCSC1c1cccs1. The maximum Gasteiger partial charge on any atom is 0.224 e. The van der Waals surface area contributed by atoms with Gasteiger partial charge in [0.15, 0.2) is 0 Å². The van der Waals surface area contributed by atoms with Crippen molar-refractivity contribution in [2.75, 3.05) is 12.3 Å². The van der Waals surface area contributed by atoms with Gasteiger partial charge in [-0.2, -0.15) is 0 Å². The third-order valence-corrected chi connectivity index (χ3v) is 5.07. The van der Waals surface area contributed by atoms with Gasteiger partial charge in [0.1, 0.15) is 5.37 Å². The molecule has 1 fully saturated rings. The molecule has 2 heterocycles. The van der Waals surface area contributed by atoms with E-state index >= 15 is 0 Å². The Morgan fingerprint density at radius 3 is 3.12 bits per heavy atom. The van der Waals surface area contributed by atoms with E-state index in [0.717, 1.165) is 25.1 Å². The molecule has 1 atom stereocenters. The summed E-state index contributed by atoms with van der Waals surface area (Å²) in [4.78, 5) is 15.3. The zero-order valence-corrected chi connectivity index (χ0v) is 11.1. The zero-order chi connectivity index (χ0) is 11.4. The Bertz CT molecular complexity index is 337. The second-order valence-electron chi connectivity index (χ2n) is 3.93. The van der Waals surface area contributed by atoms with Gasteiger partial charge in [0.25, 0.3) is 0 Å². The summed E-state index contributed by atoms with van der Waals surface area (Å²) in [5, 5.41) is 2.36. The average Bonchev–Trinajstić information content (AvgIpc) is 2.80. The molecule has 0 radical (unpaired) electrons. The van der Waals surface area contributed by atoms with Crippen LogP contribution in [-0.4, -0.2) is 23.1 Å². The number of amides is 1. The van der Waals surface area contributed by atoms with Crippen LogP contribution in [0.15, 0.2) is 17.5 Å². The molecule has 0 spiro atoms. The van der Waals surface area contributed by atoms with Crippen molar-refractivity contribution in [2.45, 2.75) is 31.6 Å². The van der Waals surface area contributed by atoms with Crippen LogP contribution < -0.4 is 0 Å². The maximum atomic E-state index is 11.9. The molecule has 2 rings (SSSR count). The third-order valence-electron chi connectivity index (χ3n) is 2.73. The van der Waals surface area contributed by atoms with Crippen LogP contribution in [0.25, 0.3) is 0 Å². The molecule has 0 aliphatic carbocycles. The molecule has 4 heteroatoms. The molecule has 1 aromatic heterocycles. The van der Waals surface area contributed by atoms with E-state index in [1.54, 1.807) is 11.3 Å². The summed E-state index contributed by atoms with van der Waals surface area (Å²) in [6.45, 7) is 3.08. The number of rotatable bonds is 4. The van der Waals surface area contributed by atoms with E-state index in [-0.39, 0.29) is 5.37 Å². The molecule has 0 bridgehead atoms. The Morgan fingerprint density at radius 2 is 2.44 bits per heavy atom. The summed E-state index contributed by atoms with van der Waals surface area (Å²) >= 11 is 3.65. The number of hydrogen-bond acceptors (Lipinski definition) is 3. The predicted octanol–water partition coefficient (Wildman–Crippen LogP) is 3.51. The molecule has 16 heavy (non-hydrogen) atoms. The summed E-state index contributed by atoms with van der Waals surface area (Å²) < 4.78 is 0. The van der Waals surface area contributed by atoms with Gasteiger partial charge in [-0.25, -0.2) is 0 Å². The summed E-state index contributed by atoms with van der Waals surface area (Å²) in [7, 11) is 0. The number of thiophene rings is 1. The van der Waals surface area contributed by atoms with Crippen molar-refractivity contribution < 1.29 is 4.79 Å². The van der Waals surface area contributed by atoms with Crippen LogP contribution in [0, 0.1) is 0 Å². The maximum absolute atomic E-state index is 11.9. The van der Waals surface area contributed by atoms with Gasteiger partial charge < -0.3 is 4.90 Å². The molecular weight excluding hydrogens is 238 g/mol. The summed E-state index contributed by atoms with van der Waals surface area (Å²) in [6, 6.07) is 4.21. The fraction of sp³-hybridized carbons (Fsp3) is 0.583. The van der Waals surface area contributed by atoms with Crippen LogP contribution in [0.2, 0.25) is 0 Å². The molecule has 88 valence electrons. The van der Waals surface area contributed by atoms with Crippen LogP contribution >= 0.6 is 23.1 Å². The molecule has 0 saturated carbocycles. The summed E-state index contributed by atoms with van der Waals surface area (Å²) in [5.41, 5.74) is 0. The fourth-order valence-electron chi connectivity index (χ4n) is 1.86. The monoisotopic (exact) mass is 255 g/mol. The number of unbranched alkanes of at least 4 members (excludes halogenated alkanes) is 1. The minimum absolute atomic E-state index is 0.271. The quantitative estimate of drug-likeness (QED) is 0.820. The molecule has 0 aromatic carbocycles. The predicted molar refractivity (Wildman–Crippen MR) is 70.8 cm³/mol. The molecule has 1 aliphatic rings. The second-order valence-corrected chi connectivity index (χ2v) is 6.10. The van der Waals surface area contributed by atoms with Gasteiger partial charge in [-0.15, -0.1) is 23.1 Å². The van der Waals surface area contributed by atoms with E-state index in [1.165, 1.54) is 4.88 Å². The molecule has 1 amide bonds. The Balaban J connectivity index is 2.10. The van der Waals surface area contributed by atoms with Crippen molar-refractivity contribution >= 4 is 29.0 Å². The summed E-state index contributed by atoms with van der Waals surface area (Å²) in [5.74, 6) is 1.29. The van der Waals surface area contributed by atoms with Gasteiger partial charge in [0.2, 0.25) is 5.91 Å². The smallest absolute Gasteiger partial charge is 0.224 e. The van der Waals surface area contributed by atoms with Crippen molar-refractivity contribution in [2.24, 2.45) is 0 Å². The van der Waals surface area contributed by atoms with E-state index in [0.29, 0.717) is 12.3 Å². The molecular formula is C12H17NOS2.